The van der Waals surface area contributed by atoms with Crippen LogP contribution in [0.1, 0.15) is 37.7 Å². The van der Waals surface area contributed by atoms with E-state index in [1.54, 1.807) is 0 Å². The van der Waals surface area contributed by atoms with Gasteiger partial charge >= 0.3 is 0 Å². The maximum atomic E-state index is 11.8. The van der Waals surface area contributed by atoms with Gasteiger partial charge in [0.2, 0.25) is 11.8 Å². The van der Waals surface area contributed by atoms with Crippen molar-refractivity contribution in [2.24, 2.45) is 0 Å². The molecule has 1 heterocycles. The Morgan fingerprint density at radius 1 is 1.38 bits per heavy atom. The van der Waals surface area contributed by atoms with Gasteiger partial charge in [-0.25, -0.2) is 0 Å². The fourth-order valence-corrected chi connectivity index (χ4v) is 2.94. The minimum absolute atomic E-state index is 0.0420. The number of amides is 2. The summed E-state index contributed by atoms with van der Waals surface area (Å²) in [4.78, 5) is 25.4. The number of benzene rings is 1. The minimum Gasteiger partial charge on any atom is -0.326 e. The minimum atomic E-state index is 0.0420. The third-order valence-corrected chi connectivity index (χ3v) is 4.19. The van der Waals surface area contributed by atoms with Gasteiger partial charge in [-0.05, 0) is 49.9 Å². The third-order valence-electron chi connectivity index (χ3n) is 3.63. The molecule has 4 nitrogen and oxygen atoms in total. The maximum Gasteiger partial charge on any atom is 0.227 e. The molecular weight excluding hydrogens is 332 g/mol. The number of alkyl halides is 1. The molecule has 1 N–H and O–H groups in total. The molecule has 1 fully saturated rings. The first-order valence-electron chi connectivity index (χ1n) is 7.38. The molecule has 1 saturated heterocycles. The summed E-state index contributed by atoms with van der Waals surface area (Å²) in [5, 5.41) is 3.84. The van der Waals surface area contributed by atoms with E-state index in [-0.39, 0.29) is 11.8 Å². The average molecular weight is 353 g/mol. The van der Waals surface area contributed by atoms with Crippen molar-refractivity contribution in [2.75, 3.05) is 22.1 Å². The Labute approximate surface area is 134 Å². The van der Waals surface area contributed by atoms with E-state index in [1.165, 1.54) is 0 Å². The summed E-state index contributed by atoms with van der Waals surface area (Å²) in [6.07, 6.45) is 3.98. The van der Waals surface area contributed by atoms with Crippen LogP contribution in [0.15, 0.2) is 18.2 Å². The highest BCUT2D eigenvalue weighted by Crippen LogP contribution is 2.27. The zero-order chi connectivity index (χ0) is 15.2. The largest absolute Gasteiger partial charge is 0.326 e. The topological polar surface area (TPSA) is 49.4 Å². The summed E-state index contributed by atoms with van der Waals surface area (Å²) in [6, 6.07) is 5.73. The number of unbranched alkanes of at least 4 members (excludes halogenated alkanes) is 1. The summed E-state index contributed by atoms with van der Waals surface area (Å²) < 4.78 is 0. The highest BCUT2D eigenvalue weighted by molar-refractivity contribution is 9.09. The molecule has 1 aromatic carbocycles. The predicted molar refractivity (Wildman–Crippen MR) is 89.0 cm³/mol. The summed E-state index contributed by atoms with van der Waals surface area (Å²) in [5.74, 6) is 0.227. The molecule has 0 bridgehead atoms. The normalized spacial score (nSPS) is 14.6. The number of hydrogen-bond donors (Lipinski definition) is 1. The van der Waals surface area contributed by atoms with E-state index in [4.69, 9.17) is 0 Å². The molecule has 0 aromatic heterocycles. The van der Waals surface area contributed by atoms with Gasteiger partial charge < -0.3 is 10.2 Å². The van der Waals surface area contributed by atoms with Crippen molar-refractivity contribution in [2.45, 2.75) is 39.0 Å². The van der Waals surface area contributed by atoms with E-state index in [2.05, 4.69) is 21.2 Å². The van der Waals surface area contributed by atoms with Crippen LogP contribution >= 0.6 is 15.9 Å². The fraction of sp³-hybridized carbons (Fsp3) is 0.500. The monoisotopic (exact) mass is 352 g/mol. The first kappa shape index (κ1) is 16.0. The molecule has 114 valence electrons. The van der Waals surface area contributed by atoms with Crippen molar-refractivity contribution in [1.82, 2.24) is 0 Å². The molecule has 2 amide bonds. The van der Waals surface area contributed by atoms with Gasteiger partial charge in [-0.3, -0.25) is 9.59 Å². The molecule has 0 radical (unpaired) electrons. The van der Waals surface area contributed by atoms with Crippen molar-refractivity contribution >= 4 is 39.1 Å². The molecule has 21 heavy (non-hydrogen) atoms. The van der Waals surface area contributed by atoms with Gasteiger partial charge in [0.15, 0.2) is 0 Å². The van der Waals surface area contributed by atoms with Gasteiger partial charge in [0.25, 0.3) is 0 Å². The lowest BCUT2D eigenvalue weighted by Crippen LogP contribution is -2.24. The SMILES string of the molecule is Cc1cc(NC(=O)CCCCBr)ccc1N1CCCC1=O. The number of hydrogen-bond acceptors (Lipinski definition) is 2. The Hall–Kier alpha value is -1.36. The van der Waals surface area contributed by atoms with Gasteiger partial charge in [-0.1, -0.05) is 15.9 Å². The zero-order valence-corrected chi connectivity index (χ0v) is 13.9. The second-order valence-electron chi connectivity index (χ2n) is 5.34. The zero-order valence-electron chi connectivity index (χ0n) is 12.3. The number of aryl methyl sites for hydroxylation is 1. The lowest BCUT2D eigenvalue weighted by molar-refractivity contribution is -0.117. The van der Waals surface area contributed by atoms with Gasteiger partial charge in [-0.2, -0.15) is 0 Å². The second kappa shape index (κ2) is 7.59. The van der Waals surface area contributed by atoms with Gasteiger partial charge in [0.05, 0.1) is 0 Å². The maximum absolute atomic E-state index is 11.8. The second-order valence-corrected chi connectivity index (χ2v) is 6.14. The van der Waals surface area contributed by atoms with Crippen LogP contribution in [0.4, 0.5) is 11.4 Å². The average Bonchev–Trinajstić information content (AvgIpc) is 2.85. The summed E-state index contributed by atoms with van der Waals surface area (Å²) in [5.41, 5.74) is 2.77. The van der Waals surface area contributed by atoms with Crippen molar-refractivity contribution in [1.29, 1.82) is 0 Å². The van der Waals surface area contributed by atoms with E-state index in [1.807, 2.05) is 30.0 Å². The Bertz CT molecular complexity index is 531. The van der Waals surface area contributed by atoms with Crippen LogP contribution in [-0.2, 0) is 9.59 Å². The summed E-state index contributed by atoms with van der Waals surface area (Å²) in [6.45, 7) is 2.76. The molecular formula is C16H21BrN2O2. The molecule has 0 aliphatic carbocycles. The number of halogens is 1. The molecule has 0 spiro atoms. The van der Waals surface area contributed by atoms with E-state index in [0.29, 0.717) is 12.8 Å². The van der Waals surface area contributed by atoms with E-state index in [9.17, 15) is 9.59 Å². The summed E-state index contributed by atoms with van der Waals surface area (Å²) in [7, 11) is 0. The van der Waals surface area contributed by atoms with Crippen LogP contribution in [0.5, 0.6) is 0 Å². The van der Waals surface area contributed by atoms with E-state index < -0.39 is 0 Å². The molecule has 2 rings (SSSR count). The highest BCUT2D eigenvalue weighted by atomic mass is 79.9. The first-order valence-corrected chi connectivity index (χ1v) is 8.51. The standard InChI is InChI=1S/C16H21BrN2O2/c1-12-11-13(18-15(20)5-2-3-9-17)7-8-14(12)19-10-4-6-16(19)21/h7-8,11H,2-6,9-10H2,1H3,(H,18,20). The van der Waals surface area contributed by atoms with Crippen molar-refractivity contribution in [3.8, 4) is 0 Å². The van der Waals surface area contributed by atoms with Gasteiger partial charge in [0.1, 0.15) is 0 Å². The van der Waals surface area contributed by atoms with E-state index in [0.717, 1.165) is 48.1 Å². The van der Waals surface area contributed by atoms with Crippen molar-refractivity contribution in [3.63, 3.8) is 0 Å². The van der Waals surface area contributed by atoms with Gasteiger partial charge in [0, 0.05) is 36.1 Å². The number of rotatable bonds is 6. The van der Waals surface area contributed by atoms with Crippen LogP contribution in [0.25, 0.3) is 0 Å². The number of carbonyl (C=O) groups excluding carboxylic acids is 2. The van der Waals surface area contributed by atoms with E-state index >= 15 is 0 Å². The molecule has 0 atom stereocenters. The first-order chi connectivity index (χ1) is 10.1. The molecule has 1 aliphatic heterocycles. The molecule has 0 saturated carbocycles. The van der Waals surface area contributed by atoms with Crippen molar-refractivity contribution < 1.29 is 9.59 Å². The lowest BCUT2D eigenvalue weighted by Gasteiger charge is -2.19. The Balaban J connectivity index is 1.98. The fourth-order valence-electron chi connectivity index (χ4n) is 2.54. The smallest absolute Gasteiger partial charge is 0.227 e. The predicted octanol–water partition coefficient (Wildman–Crippen LogP) is 3.63. The number of nitrogens with one attached hydrogen (secondary N) is 1. The molecule has 5 heteroatoms. The molecule has 0 unspecified atom stereocenters. The third kappa shape index (κ3) is 4.30. The van der Waals surface area contributed by atoms with Crippen LogP contribution < -0.4 is 10.2 Å². The van der Waals surface area contributed by atoms with Crippen LogP contribution in [0.2, 0.25) is 0 Å². The number of nitrogens with zero attached hydrogens (tertiary/aromatic N) is 1. The van der Waals surface area contributed by atoms with Crippen LogP contribution in [-0.4, -0.2) is 23.7 Å². The lowest BCUT2D eigenvalue weighted by atomic mass is 10.1. The quantitative estimate of drug-likeness (QED) is 0.627. The molecule has 1 aromatic rings. The van der Waals surface area contributed by atoms with Crippen molar-refractivity contribution in [3.05, 3.63) is 23.8 Å². The number of carbonyl (C=O) groups is 2. The Kier molecular flexibility index (Phi) is 5.79. The Morgan fingerprint density at radius 2 is 2.19 bits per heavy atom. The van der Waals surface area contributed by atoms with Crippen LogP contribution in [0, 0.1) is 6.92 Å². The highest BCUT2D eigenvalue weighted by Gasteiger charge is 2.22. The number of anilines is 2. The van der Waals surface area contributed by atoms with Gasteiger partial charge in [-0.15, -0.1) is 0 Å². The Morgan fingerprint density at radius 3 is 2.81 bits per heavy atom. The summed E-state index contributed by atoms with van der Waals surface area (Å²) >= 11 is 3.36. The molecule has 1 aliphatic rings. The van der Waals surface area contributed by atoms with Crippen LogP contribution in [0.3, 0.4) is 0 Å².